The van der Waals surface area contributed by atoms with Crippen LogP contribution in [0.2, 0.25) is 18.1 Å². The molecule has 0 radical (unpaired) electrons. The van der Waals surface area contributed by atoms with Crippen LogP contribution in [0.5, 0.6) is 5.88 Å². The highest BCUT2D eigenvalue weighted by molar-refractivity contribution is 6.74. The van der Waals surface area contributed by atoms with Gasteiger partial charge in [0.15, 0.2) is 0 Å². The number of amides is 2. The largest absolute Gasteiger partial charge is 0.530 e. The van der Waals surface area contributed by atoms with Gasteiger partial charge >= 0.3 is 6.09 Å². The van der Waals surface area contributed by atoms with Crippen molar-refractivity contribution in [1.29, 1.82) is 0 Å². The Labute approximate surface area is 255 Å². The summed E-state index contributed by atoms with van der Waals surface area (Å²) < 4.78 is 25.8. The van der Waals surface area contributed by atoms with Crippen LogP contribution in [0.1, 0.15) is 79.1 Å². The van der Waals surface area contributed by atoms with Gasteiger partial charge in [0.25, 0.3) is 8.32 Å². The third kappa shape index (κ3) is 8.06. The van der Waals surface area contributed by atoms with E-state index in [9.17, 15) is 14.0 Å². The molecule has 2 heterocycles. The molecule has 3 rings (SSSR count). The van der Waals surface area contributed by atoms with Crippen molar-refractivity contribution in [1.82, 2.24) is 10.3 Å². The van der Waals surface area contributed by atoms with Crippen LogP contribution in [-0.4, -0.2) is 49.5 Å². The van der Waals surface area contributed by atoms with Gasteiger partial charge in [-0.25, -0.2) is 14.2 Å². The van der Waals surface area contributed by atoms with Crippen LogP contribution < -0.4 is 14.6 Å². The Kier molecular flexibility index (Phi) is 9.58. The number of anilines is 1. The number of pyridine rings is 1. The van der Waals surface area contributed by atoms with E-state index < -0.39 is 43.4 Å². The summed E-state index contributed by atoms with van der Waals surface area (Å²) in [6.07, 6.45) is -0.389. The number of azide groups is 1. The van der Waals surface area contributed by atoms with Gasteiger partial charge in [-0.1, -0.05) is 58.8 Å². The number of nitrogens with one attached hydrogen (secondary N) is 1. The summed E-state index contributed by atoms with van der Waals surface area (Å²) in [7, 11) is -2.31. The Morgan fingerprint density at radius 2 is 1.79 bits per heavy atom. The predicted octanol–water partition coefficient (Wildman–Crippen LogP) is 7.41. The van der Waals surface area contributed by atoms with Crippen molar-refractivity contribution in [3.63, 3.8) is 0 Å². The summed E-state index contributed by atoms with van der Waals surface area (Å²) in [6, 6.07) is 6.08. The molecule has 2 atom stereocenters. The number of carbonyl (C=O) groups excluding carboxylic acids is 2. The monoisotopic (exact) mass is 612 g/mol. The van der Waals surface area contributed by atoms with Crippen LogP contribution in [0.3, 0.4) is 0 Å². The molecule has 1 aliphatic heterocycles. The average Bonchev–Trinajstić information content (AvgIpc) is 3.11. The molecule has 1 aromatic carbocycles. The molecule has 0 saturated carbocycles. The number of aromatic nitrogens is 1. The van der Waals surface area contributed by atoms with Gasteiger partial charge in [-0.2, -0.15) is 0 Å². The van der Waals surface area contributed by atoms with Crippen LogP contribution in [0.15, 0.2) is 35.4 Å². The van der Waals surface area contributed by atoms with Crippen LogP contribution in [0.25, 0.3) is 10.4 Å². The smallest absolute Gasteiger partial charge is 0.408 e. The molecule has 234 valence electrons. The molecule has 0 aliphatic carbocycles. The quantitative estimate of drug-likeness (QED) is 0.144. The zero-order valence-electron chi connectivity index (χ0n) is 27.2. The Hall–Kier alpha value is -3.63. The van der Waals surface area contributed by atoms with Crippen molar-refractivity contribution in [2.45, 2.75) is 110 Å². The molecule has 1 N–H and O–H groups in total. The maximum absolute atomic E-state index is 14.1. The summed E-state index contributed by atoms with van der Waals surface area (Å²) >= 11 is 0. The topological polar surface area (TPSA) is 130 Å². The highest BCUT2D eigenvalue weighted by atomic mass is 28.4. The number of hydrogen-bond donors (Lipinski definition) is 1. The second-order valence-electron chi connectivity index (χ2n) is 14.4. The molecule has 10 nitrogen and oxygen atoms in total. The lowest BCUT2D eigenvalue weighted by atomic mass is 9.91. The molecular weight excluding hydrogens is 567 g/mol. The van der Waals surface area contributed by atoms with E-state index in [0.29, 0.717) is 23.7 Å². The number of fused-ring (bicyclic) bond motifs is 1. The van der Waals surface area contributed by atoms with Crippen LogP contribution in [-0.2, 0) is 21.4 Å². The molecule has 2 aromatic rings. The molecule has 0 bridgehead atoms. The second kappa shape index (κ2) is 12.2. The molecule has 0 spiro atoms. The van der Waals surface area contributed by atoms with Gasteiger partial charge in [0.05, 0.1) is 17.4 Å². The van der Waals surface area contributed by atoms with E-state index in [0.717, 1.165) is 11.1 Å². The molecule has 0 unspecified atom stereocenters. The number of nitrogens with zero attached hydrogens (tertiary/aromatic N) is 5. The van der Waals surface area contributed by atoms with Gasteiger partial charge < -0.3 is 19.4 Å². The summed E-state index contributed by atoms with van der Waals surface area (Å²) in [5.41, 5.74) is 10.7. The summed E-state index contributed by atoms with van der Waals surface area (Å²) in [6.45, 7) is 21.7. The van der Waals surface area contributed by atoms with Crippen LogP contribution >= 0.6 is 0 Å². The number of carbonyl (C=O) groups is 2. The van der Waals surface area contributed by atoms with Crippen molar-refractivity contribution >= 4 is 26.0 Å². The normalized spacial score (nSPS) is 16.0. The summed E-state index contributed by atoms with van der Waals surface area (Å²) in [5.74, 6) is -0.280. The minimum Gasteiger partial charge on any atom is -0.530 e. The molecule has 12 heteroatoms. The first kappa shape index (κ1) is 33.9. The summed E-state index contributed by atoms with van der Waals surface area (Å²) in [5, 5.41) is 6.25. The molecule has 1 aromatic heterocycles. The van der Waals surface area contributed by atoms with E-state index in [2.05, 4.69) is 49.2 Å². The van der Waals surface area contributed by atoms with Gasteiger partial charge in [0, 0.05) is 28.9 Å². The molecular formula is C31H45FN6O4Si. The van der Waals surface area contributed by atoms with E-state index >= 15 is 0 Å². The first-order chi connectivity index (χ1) is 19.6. The van der Waals surface area contributed by atoms with Crippen molar-refractivity contribution in [3.8, 4) is 5.88 Å². The fraction of sp³-hybridized carbons (Fsp3) is 0.581. The zero-order valence-corrected chi connectivity index (χ0v) is 28.2. The van der Waals surface area contributed by atoms with E-state index in [1.807, 2.05) is 19.9 Å². The molecule has 2 amide bonds. The van der Waals surface area contributed by atoms with Crippen LogP contribution in [0, 0.1) is 5.82 Å². The van der Waals surface area contributed by atoms with Crippen LogP contribution in [0.4, 0.5) is 14.9 Å². The SMILES string of the molecule is C[C@H](N=[N+]=[N-])[C@H](NC(=O)OC(C)(C)C)C(=O)N1CC(C)(C)c2nc(O[Si](C)(C)C(C)(C)C)c(Cc3ccc(F)cc3)cc21. The van der Waals surface area contributed by atoms with Crippen molar-refractivity contribution in [2.75, 3.05) is 11.4 Å². The minimum atomic E-state index is -2.31. The van der Waals surface area contributed by atoms with Crippen molar-refractivity contribution in [3.05, 3.63) is 63.4 Å². The number of halogens is 1. The third-order valence-corrected chi connectivity index (χ3v) is 12.2. The lowest BCUT2D eigenvalue weighted by Crippen LogP contribution is -2.54. The van der Waals surface area contributed by atoms with Gasteiger partial charge in [-0.3, -0.25) is 4.79 Å². The zero-order chi connectivity index (χ0) is 32.5. The Morgan fingerprint density at radius 3 is 2.33 bits per heavy atom. The molecule has 0 fully saturated rings. The van der Waals surface area contributed by atoms with Crippen molar-refractivity contribution in [2.24, 2.45) is 5.11 Å². The number of hydrogen-bond acceptors (Lipinski definition) is 6. The van der Waals surface area contributed by atoms with E-state index in [-0.39, 0.29) is 17.4 Å². The average molecular weight is 613 g/mol. The highest BCUT2D eigenvalue weighted by Crippen LogP contribution is 2.44. The fourth-order valence-electron chi connectivity index (χ4n) is 4.55. The fourth-order valence-corrected chi connectivity index (χ4v) is 5.52. The van der Waals surface area contributed by atoms with E-state index in [1.54, 1.807) is 44.7 Å². The minimum absolute atomic E-state index is 0.0870. The number of benzene rings is 1. The summed E-state index contributed by atoms with van der Waals surface area (Å²) in [4.78, 5) is 36.4. The third-order valence-electron chi connectivity index (χ3n) is 7.91. The lowest BCUT2D eigenvalue weighted by Gasteiger charge is -2.36. The second-order valence-corrected chi connectivity index (χ2v) is 19.1. The predicted molar refractivity (Wildman–Crippen MR) is 168 cm³/mol. The Bertz CT molecular complexity index is 1410. The maximum atomic E-state index is 14.1. The Balaban J connectivity index is 2.13. The van der Waals surface area contributed by atoms with Gasteiger partial charge in [-0.05, 0) is 68.2 Å². The number of rotatable bonds is 8. The van der Waals surface area contributed by atoms with E-state index in [4.69, 9.17) is 19.7 Å². The number of alkyl carbamates (subject to hydrolysis) is 1. The molecule has 0 saturated heterocycles. The first-order valence-electron chi connectivity index (χ1n) is 14.5. The standard InChI is InChI=1S/C31H45FN6O4Si/c1-19(36-37-33)24(34-28(40)41-29(2,3)4)27(39)38-18-31(8,9)25-23(38)17-21(16-20-12-14-22(32)15-13-20)26(35-25)42-43(10,11)30(5,6)7/h12-15,17,19,24H,16,18H2,1-11H3,(H,34,40)/t19-,24-/m0/s1. The van der Waals surface area contributed by atoms with Gasteiger partial charge in [-0.15, -0.1) is 0 Å². The Morgan fingerprint density at radius 1 is 1.19 bits per heavy atom. The first-order valence-corrected chi connectivity index (χ1v) is 17.4. The van der Waals surface area contributed by atoms with Gasteiger partial charge in [0.1, 0.15) is 17.5 Å². The number of ether oxygens (including phenoxy) is 1. The van der Waals surface area contributed by atoms with Gasteiger partial charge in [0.2, 0.25) is 11.8 Å². The highest BCUT2D eigenvalue weighted by Gasteiger charge is 2.45. The van der Waals surface area contributed by atoms with Crippen molar-refractivity contribution < 1.29 is 23.1 Å². The molecule has 43 heavy (non-hydrogen) atoms. The lowest BCUT2D eigenvalue weighted by molar-refractivity contribution is -0.121. The maximum Gasteiger partial charge on any atom is 0.408 e. The van der Waals surface area contributed by atoms with E-state index in [1.165, 1.54) is 12.1 Å². The molecule has 1 aliphatic rings.